The summed E-state index contributed by atoms with van der Waals surface area (Å²) < 4.78 is 5.79. The molecule has 2 aliphatic rings. The van der Waals surface area contributed by atoms with Crippen molar-refractivity contribution in [2.24, 2.45) is 5.73 Å². The number of morpholine rings is 1. The van der Waals surface area contributed by atoms with Gasteiger partial charge in [-0.15, -0.1) is 0 Å². The predicted molar refractivity (Wildman–Crippen MR) is 74.8 cm³/mol. The van der Waals surface area contributed by atoms with E-state index >= 15 is 0 Å². The summed E-state index contributed by atoms with van der Waals surface area (Å²) in [5.41, 5.74) is 5.20. The average molecular weight is 267 g/mol. The number of likely N-dealkylation sites (N-methyl/N-ethyl adjacent to an activating group) is 1. The van der Waals surface area contributed by atoms with Gasteiger partial charge in [0.25, 0.3) is 0 Å². The van der Waals surface area contributed by atoms with E-state index in [1.54, 1.807) is 0 Å². The summed E-state index contributed by atoms with van der Waals surface area (Å²) in [6, 6.07) is 0.571. The number of nitrogens with zero attached hydrogens (tertiary/aromatic N) is 2. The second-order valence-electron chi connectivity index (χ2n) is 5.58. The van der Waals surface area contributed by atoms with Gasteiger partial charge in [0.1, 0.15) is 0 Å². The van der Waals surface area contributed by atoms with Gasteiger partial charge >= 0.3 is 0 Å². The van der Waals surface area contributed by atoms with Crippen LogP contribution in [0.15, 0.2) is 12.2 Å². The fraction of sp³-hybridized carbons (Fsp3) is 0.786. The average Bonchev–Trinajstić information content (AvgIpc) is 2.39. The number of hydrogen-bond acceptors (Lipinski definition) is 4. The van der Waals surface area contributed by atoms with Crippen LogP contribution in [0.1, 0.15) is 19.3 Å². The number of amides is 1. The first-order chi connectivity index (χ1) is 9.15. The monoisotopic (exact) mass is 267 g/mol. The van der Waals surface area contributed by atoms with Crippen LogP contribution < -0.4 is 5.73 Å². The molecular formula is C14H25N3O2. The Bertz CT molecular complexity index is 333. The first-order valence-corrected chi connectivity index (χ1v) is 7.14. The lowest BCUT2D eigenvalue weighted by atomic mass is 10.0. The minimum Gasteiger partial charge on any atom is -0.374 e. The van der Waals surface area contributed by atoms with Gasteiger partial charge in [-0.25, -0.2) is 0 Å². The van der Waals surface area contributed by atoms with Gasteiger partial charge in [-0.05, 0) is 26.3 Å². The van der Waals surface area contributed by atoms with Crippen molar-refractivity contribution < 1.29 is 9.53 Å². The molecule has 0 aromatic carbocycles. The Morgan fingerprint density at radius 3 is 3.11 bits per heavy atom. The van der Waals surface area contributed by atoms with Crippen molar-refractivity contribution in [2.45, 2.75) is 31.4 Å². The molecule has 1 amide bonds. The smallest absolute Gasteiger partial charge is 0.231 e. The third kappa shape index (κ3) is 4.60. The van der Waals surface area contributed by atoms with Crippen molar-refractivity contribution in [3.63, 3.8) is 0 Å². The lowest BCUT2D eigenvalue weighted by molar-refractivity contribution is -0.119. The van der Waals surface area contributed by atoms with E-state index in [0.717, 1.165) is 26.2 Å². The SMILES string of the molecule is CN(CC(N)=O)C[C@@H]1CN([C@@H]2C=CCCC2)CCO1. The number of carbonyl (C=O) groups is 1. The fourth-order valence-corrected chi connectivity index (χ4v) is 2.93. The van der Waals surface area contributed by atoms with Gasteiger partial charge in [-0.3, -0.25) is 14.6 Å². The molecule has 2 atom stereocenters. The molecule has 19 heavy (non-hydrogen) atoms. The van der Waals surface area contributed by atoms with E-state index in [9.17, 15) is 4.79 Å². The fourth-order valence-electron chi connectivity index (χ4n) is 2.93. The Hall–Kier alpha value is -0.910. The molecule has 5 nitrogen and oxygen atoms in total. The van der Waals surface area contributed by atoms with Crippen molar-refractivity contribution in [1.29, 1.82) is 0 Å². The van der Waals surface area contributed by atoms with E-state index in [2.05, 4.69) is 17.1 Å². The van der Waals surface area contributed by atoms with E-state index in [1.807, 2.05) is 11.9 Å². The lowest BCUT2D eigenvalue weighted by Gasteiger charge is -2.39. The first kappa shape index (κ1) is 14.5. The molecule has 1 aliphatic heterocycles. The van der Waals surface area contributed by atoms with E-state index in [4.69, 9.17) is 10.5 Å². The summed E-state index contributed by atoms with van der Waals surface area (Å²) in [6.45, 7) is 3.78. The number of allylic oxidation sites excluding steroid dienone is 1. The zero-order valence-electron chi connectivity index (χ0n) is 11.8. The van der Waals surface area contributed by atoms with Crippen LogP contribution in [-0.2, 0) is 9.53 Å². The molecule has 2 N–H and O–H groups in total. The van der Waals surface area contributed by atoms with Crippen molar-refractivity contribution >= 4 is 5.91 Å². The molecule has 0 bridgehead atoms. The third-order valence-electron chi connectivity index (χ3n) is 3.81. The Labute approximate surface area is 115 Å². The van der Waals surface area contributed by atoms with Gasteiger partial charge < -0.3 is 10.5 Å². The van der Waals surface area contributed by atoms with E-state index in [1.165, 1.54) is 19.3 Å². The number of hydrogen-bond donors (Lipinski definition) is 1. The Balaban J connectivity index is 1.81. The summed E-state index contributed by atoms with van der Waals surface area (Å²) >= 11 is 0. The van der Waals surface area contributed by atoms with Crippen LogP contribution in [0.3, 0.4) is 0 Å². The summed E-state index contributed by atoms with van der Waals surface area (Å²) in [5.74, 6) is -0.287. The maximum Gasteiger partial charge on any atom is 0.231 e. The molecule has 1 saturated heterocycles. The summed E-state index contributed by atoms with van der Waals surface area (Å²) in [7, 11) is 1.91. The molecule has 1 fully saturated rings. The second-order valence-corrected chi connectivity index (χ2v) is 5.58. The first-order valence-electron chi connectivity index (χ1n) is 7.14. The van der Waals surface area contributed by atoms with Gasteiger partial charge in [0, 0.05) is 25.7 Å². The number of primary amides is 1. The van der Waals surface area contributed by atoms with Crippen molar-refractivity contribution in [2.75, 3.05) is 39.8 Å². The topological polar surface area (TPSA) is 58.8 Å². The maximum atomic E-state index is 10.9. The van der Waals surface area contributed by atoms with Crippen molar-refractivity contribution in [1.82, 2.24) is 9.80 Å². The highest BCUT2D eigenvalue weighted by Crippen LogP contribution is 2.19. The van der Waals surface area contributed by atoms with E-state index < -0.39 is 0 Å². The largest absolute Gasteiger partial charge is 0.374 e. The normalized spacial score (nSPS) is 28.7. The van der Waals surface area contributed by atoms with Crippen LogP contribution in [0.5, 0.6) is 0 Å². The summed E-state index contributed by atoms with van der Waals surface area (Å²) in [6.07, 6.45) is 8.54. The molecule has 0 aromatic heterocycles. The minimum atomic E-state index is -0.287. The van der Waals surface area contributed by atoms with Crippen LogP contribution in [0.4, 0.5) is 0 Å². The third-order valence-corrected chi connectivity index (χ3v) is 3.81. The van der Waals surface area contributed by atoms with Gasteiger partial charge in [-0.1, -0.05) is 12.2 Å². The quantitative estimate of drug-likeness (QED) is 0.724. The minimum absolute atomic E-state index is 0.174. The molecule has 0 saturated carbocycles. The number of ether oxygens (including phenoxy) is 1. The van der Waals surface area contributed by atoms with Crippen LogP contribution in [0.2, 0.25) is 0 Å². The highest BCUT2D eigenvalue weighted by Gasteiger charge is 2.26. The highest BCUT2D eigenvalue weighted by molar-refractivity contribution is 5.75. The molecule has 0 spiro atoms. The number of rotatable bonds is 5. The highest BCUT2D eigenvalue weighted by atomic mass is 16.5. The summed E-state index contributed by atoms with van der Waals surface area (Å²) in [4.78, 5) is 15.3. The van der Waals surface area contributed by atoms with Crippen LogP contribution >= 0.6 is 0 Å². The van der Waals surface area contributed by atoms with Gasteiger partial charge in [0.05, 0.1) is 19.3 Å². The maximum absolute atomic E-state index is 10.9. The summed E-state index contributed by atoms with van der Waals surface area (Å²) in [5, 5.41) is 0. The van der Waals surface area contributed by atoms with Crippen molar-refractivity contribution in [3.05, 3.63) is 12.2 Å². The second kappa shape index (κ2) is 7.03. The van der Waals surface area contributed by atoms with E-state index in [0.29, 0.717) is 12.6 Å². The molecule has 0 radical (unpaired) electrons. The van der Waals surface area contributed by atoms with Crippen molar-refractivity contribution in [3.8, 4) is 0 Å². The van der Waals surface area contributed by atoms with Crippen LogP contribution in [-0.4, -0.2) is 67.7 Å². The molecule has 2 rings (SSSR count). The number of carbonyl (C=O) groups excluding carboxylic acids is 1. The standard InChI is InChI=1S/C14H25N3O2/c1-16(11-14(15)18)9-13-10-17(7-8-19-13)12-5-3-2-4-6-12/h3,5,12-13H,2,4,6-11H2,1H3,(H2,15,18)/t12-,13-/m1/s1. The molecule has 1 heterocycles. The Morgan fingerprint density at radius 2 is 2.42 bits per heavy atom. The Kier molecular flexibility index (Phi) is 5.36. The molecule has 0 aromatic rings. The predicted octanol–water partition coefficient (Wildman–Crippen LogP) is 0.213. The van der Waals surface area contributed by atoms with Gasteiger partial charge in [0.15, 0.2) is 0 Å². The zero-order valence-corrected chi connectivity index (χ0v) is 11.8. The Morgan fingerprint density at radius 1 is 1.58 bits per heavy atom. The molecule has 1 aliphatic carbocycles. The molecule has 0 unspecified atom stereocenters. The van der Waals surface area contributed by atoms with Crippen LogP contribution in [0, 0.1) is 0 Å². The van der Waals surface area contributed by atoms with Crippen LogP contribution in [0.25, 0.3) is 0 Å². The van der Waals surface area contributed by atoms with Gasteiger partial charge in [0.2, 0.25) is 5.91 Å². The lowest BCUT2D eigenvalue weighted by Crippen LogP contribution is -2.51. The molecule has 5 heteroatoms. The number of nitrogens with two attached hydrogens (primary N) is 1. The van der Waals surface area contributed by atoms with E-state index in [-0.39, 0.29) is 12.0 Å². The molecular weight excluding hydrogens is 242 g/mol. The van der Waals surface area contributed by atoms with Gasteiger partial charge in [-0.2, -0.15) is 0 Å². The molecule has 108 valence electrons. The zero-order chi connectivity index (χ0) is 13.7.